The zero-order chi connectivity index (χ0) is 31.5. The van der Waals surface area contributed by atoms with Crippen molar-refractivity contribution in [1.29, 1.82) is 5.26 Å². The van der Waals surface area contributed by atoms with E-state index in [1.807, 2.05) is 42.5 Å². The highest BCUT2D eigenvalue weighted by Gasteiger charge is 2.35. The van der Waals surface area contributed by atoms with Crippen LogP contribution in [-0.4, -0.2) is 31.7 Å². The van der Waals surface area contributed by atoms with Gasteiger partial charge in [-0.25, -0.2) is 9.37 Å². The molecule has 0 fully saturated rings. The van der Waals surface area contributed by atoms with Gasteiger partial charge in [0.1, 0.15) is 18.2 Å². The zero-order valence-electron chi connectivity index (χ0n) is 23.5. The number of ketones is 2. The average molecular weight is 596 g/mol. The number of halogens is 1. The highest BCUT2D eigenvalue weighted by Crippen LogP contribution is 2.35. The molecule has 0 saturated carbocycles. The quantitative estimate of drug-likeness (QED) is 0.222. The van der Waals surface area contributed by atoms with Gasteiger partial charge in [-0.15, -0.1) is 10.2 Å². The van der Waals surface area contributed by atoms with E-state index < -0.39 is 16.8 Å². The number of aromatic nitrogens is 3. The van der Waals surface area contributed by atoms with Crippen LogP contribution in [-0.2, 0) is 11.2 Å². The van der Waals surface area contributed by atoms with Gasteiger partial charge in [-0.1, -0.05) is 66.7 Å². The molecule has 2 unspecified atom stereocenters. The molecule has 45 heavy (non-hydrogen) atoms. The molecule has 7 rings (SSSR count). The highest BCUT2D eigenvalue weighted by molar-refractivity contribution is 6.19. The van der Waals surface area contributed by atoms with Gasteiger partial charge >= 0.3 is 0 Å². The number of fused-ring (bicyclic) bond motifs is 4. The lowest BCUT2D eigenvalue weighted by molar-refractivity contribution is -0.384. The third kappa shape index (κ3) is 5.75. The molecule has 0 aliphatic heterocycles. The lowest BCUT2D eigenvalue weighted by Gasteiger charge is -2.28. The van der Waals surface area contributed by atoms with Crippen LogP contribution in [0.1, 0.15) is 44.6 Å². The number of carbonyl (C=O) groups is 2. The second-order valence-electron chi connectivity index (χ2n) is 10.5. The molecule has 9 nitrogen and oxygen atoms in total. The number of hydrogen-bond acceptors (Lipinski definition) is 8. The summed E-state index contributed by atoms with van der Waals surface area (Å²) in [5.74, 6) is -1.90. The number of nitrogens with zero attached hydrogens (tertiary/aromatic N) is 5. The summed E-state index contributed by atoms with van der Waals surface area (Å²) < 4.78 is 13.6. The van der Waals surface area contributed by atoms with Crippen LogP contribution in [0, 0.1) is 37.7 Å². The first-order valence-electron chi connectivity index (χ1n) is 13.9. The molecule has 1 heterocycles. The number of Topliss-reactive ketones (excluding diaryl/α,β-unsaturated/α-hetero) is 2. The summed E-state index contributed by atoms with van der Waals surface area (Å²) in [6.07, 6.45) is 6.37. The van der Waals surface area contributed by atoms with Gasteiger partial charge in [0, 0.05) is 23.6 Å². The Morgan fingerprint density at radius 1 is 0.911 bits per heavy atom. The Bertz CT molecular complexity index is 2230. The van der Waals surface area contributed by atoms with Crippen LogP contribution in [0.2, 0.25) is 0 Å². The van der Waals surface area contributed by atoms with Crippen LogP contribution in [0.5, 0.6) is 0 Å². The van der Waals surface area contributed by atoms with Crippen molar-refractivity contribution in [3.05, 3.63) is 162 Å². The van der Waals surface area contributed by atoms with Crippen LogP contribution < -0.4 is 10.4 Å². The van der Waals surface area contributed by atoms with E-state index in [-0.39, 0.29) is 35.2 Å². The molecule has 2 aliphatic carbocycles. The van der Waals surface area contributed by atoms with Crippen LogP contribution in [0.4, 0.5) is 10.1 Å². The summed E-state index contributed by atoms with van der Waals surface area (Å²) in [4.78, 5) is 41.7. The number of nitriles is 1. The fourth-order valence-corrected chi connectivity index (χ4v) is 5.77. The van der Waals surface area contributed by atoms with E-state index in [0.29, 0.717) is 16.7 Å². The second-order valence-corrected chi connectivity index (χ2v) is 10.5. The molecule has 4 aromatic carbocycles. The molecular formula is C35H22FN5O4. The summed E-state index contributed by atoms with van der Waals surface area (Å²) in [6, 6.07) is 25.3. The largest absolute Gasteiger partial charge is 0.298 e. The van der Waals surface area contributed by atoms with Gasteiger partial charge in [0.25, 0.3) is 5.69 Å². The lowest BCUT2D eigenvalue weighted by atomic mass is 9.73. The van der Waals surface area contributed by atoms with E-state index in [9.17, 15) is 24.1 Å². The molecule has 0 N–H and O–H groups in total. The van der Waals surface area contributed by atoms with Gasteiger partial charge in [0.15, 0.2) is 17.3 Å². The summed E-state index contributed by atoms with van der Waals surface area (Å²) >= 11 is 0. The molecule has 0 saturated heterocycles. The maximum absolute atomic E-state index is 14.0. The van der Waals surface area contributed by atoms with Crippen molar-refractivity contribution >= 4 is 29.4 Å². The minimum absolute atomic E-state index is 0.0320. The Labute approximate surface area is 255 Å². The molecule has 2 atom stereocenters. The SMILES string of the molecule is N#Cc1cncnn1.O=C1C=c2ccccc2=c2ccc3c(c21)C(Cc1ccc([N+](=O)[O-])cc1)C(=O)C(c1ccc(F)cc1)C=3. The number of non-ortho nitro benzene ring substituents is 1. The van der Waals surface area contributed by atoms with Gasteiger partial charge in [-0.3, -0.25) is 19.7 Å². The lowest BCUT2D eigenvalue weighted by Crippen LogP contribution is -2.35. The average Bonchev–Trinajstić information content (AvgIpc) is 3.07. The van der Waals surface area contributed by atoms with Crippen molar-refractivity contribution in [2.75, 3.05) is 0 Å². The zero-order valence-corrected chi connectivity index (χ0v) is 23.5. The fourth-order valence-electron chi connectivity index (χ4n) is 5.77. The number of nitro benzene ring substituents is 1. The monoisotopic (exact) mass is 595 g/mol. The normalized spacial score (nSPS) is 15.9. The van der Waals surface area contributed by atoms with Gasteiger partial charge in [0.2, 0.25) is 0 Å². The third-order valence-corrected chi connectivity index (χ3v) is 7.82. The smallest absolute Gasteiger partial charge is 0.269 e. The van der Waals surface area contributed by atoms with E-state index >= 15 is 0 Å². The van der Waals surface area contributed by atoms with Gasteiger partial charge in [0.05, 0.1) is 17.0 Å². The summed E-state index contributed by atoms with van der Waals surface area (Å²) in [7, 11) is 0. The first-order valence-corrected chi connectivity index (χ1v) is 13.9. The molecule has 0 radical (unpaired) electrons. The molecule has 0 amide bonds. The third-order valence-electron chi connectivity index (χ3n) is 7.82. The number of nitro groups is 1. The fraction of sp³-hybridized carbons (Fsp3) is 0.0857. The molecular weight excluding hydrogens is 573 g/mol. The predicted octanol–water partition coefficient (Wildman–Crippen LogP) is 4.21. The summed E-state index contributed by atoms with van der Waals surface area (Å²) in [5.41, 5.74) is 2.83. The Morgan fingerprint density at radius 2 is 1.67 bits per heavy atom. The topological polar surface area (TPSA) is 140 Å². The number of hydrogen-bond donors (Lipinski definition) is 0. The van der Waals surface area contributed by atoms with E-state index in [0.717, 1.165) is 26.4 Å². The first kappa shape index (κ1) is 28.9. The highest BCUT2D eigenvalue weighted by atomic mass is 19.1. The van der Waals surface area contributed by atoms with Crippen LogP contribution >= 0.6 is 0 Å². The maximum Gasteiger partial charge on any atom is 0.269 e. The van der Waals surface area contributed by atoms with E-state index in [4.69, 9.17) is 5.26 Å². The number of benzene rings is 4. The Hall–Kier alpha value is -6.21. The van der Waals surface area contributed by atoms with Crippen molar-refractivity contribution in [3.63, 3.8) is 0 Å². The number of carbonyl (C=O) groups excluding carboxylic acids is 2. The molecule has 2 aliphatic rings. The minimum Gasteiger partial charge on any atom is -0.298 e. The second kappa shape index (κ2) is 12.2. The standard InChI is InChI=1S/C31H20FNO4.C4H2N4/c32-22-10-7-19(8-11-22)26-16-21-9-14-25-24-4-2-1-3-20(24)17-28(34)30(25)29(21)27(31(26)35)15-18-5-12-23(13-6-18)33(36)37;5-1-4-2-6-3-7-8-4/h1-14,16-17,26-27H,15H2;2-3H. The summed E-state index contributed by atoms with van der Waals surface area (Å²) in [6.45, 7) is 0. The van der Waals surface area contributed by atoms with Crippen molar-refractivity contribution in [3.8, 4) is 6.07 Å². The van der Waals surface area contributed by atoms with Crippen molar-refractivity contribution < 1.29 is 18.9 Å². The molecule has 1 aromatic heterocycles. The van der Waals surface area contributed by atoms with Gasteiger partial charge in [-0.2, -0.15) is 5.26 Å². The minimum atomic E-state index is -0.658. The van der Waals surface area contributed by atoms with Crippen molar-refractivity contribution in [2.24, 2.45) is 0 Å². The van der Waals surface area contributed by atoms with E-state index in [2.05, 4.69) is 15.2 Å². The van der Waals surface area contributed by atoms with Crippen molar-refractivity contribution in [1.82, 2.24) is 15.2 Å². The predicted molar refractivity (Wildman–Crippen MR) is 161 cm³/mol. The molecule has 0 bridgehead atoms. The van der Waals surface area contributed by atoms with Crippen LogP contribution in [0.25, 0.3) is 12.2 Å². The molecule has 5 aromatic rings. The Kier molecular flexibility index (Phi) is 7.82. The van der Waals surface area contributed by atoms with Gasteiger partial charge < -0.3 is 0 Å². The maximum atomic E-state index is 14.0. The van der Waals surface area contributed by atoms with Crippen LogP contribution in [0.3, 0.4) is 0 Å². The van der Waals surface area contributed by atoms with Crippen LogP contribution in [0.15, 0.2) is 97.5 Å². The van der Waals surface area contributed by atoms with E-state index in [1.54, 1.807) is 36.4 Å². The Balaban J connectivity index is 0.000000390. The first-order chi connectivity index (χ1) is 21.8. The molecule has 10 heteroatoms. The Morgan fingerprint density at radius 3 is 2.33 bits per heavy atom. The molecule has 0 spiro atoms. The van der Waals surface area contributed by atoms with E-state index in [1.165, 1.54) is 36.8 Å². The molecule has 218 valence electrons. The summed E-state index contributed by atoms with van der Waals surface area (Å²) in [5, 5.41) is 29.4. The number of rotatable bonds is 4. The van der Waals surface area contributed by atoms with Gasteiger partial charge in [-0.05, 0) is 62.2 Å². The van der Waals surface area contributed by atoms with Crippen molar-refractivity contribution in [2.45, 2.75) is 18.3 Å².